The van der Waals surface area contributed by atoms with E-state index in [0.717, 1.165) is 23.9 Å². The maximum absolute atomic E-state index is 15.5. The Morgan fingerprint density at radius 3 is 2.89 bits per heavy atom. The van der Waals surface area contributed by atoms with Crippen molar-refractivity contribution >= 4 is 40.1 Å². The Labute approximate surface area is 226 Å². The summed E-state index contributed by atoms with van der Waals surface area (Å²) in [7, 11) is 1.58. The highest BCUT2D eigenvalue weighted by Gasteiger charge is 2.31. The minimum absolute atomic E-state index is 0.0566. The molecule has 8 heteroatoms. The second-order valence-corrected chi connectivity index (χ2v) is 10.2. The van der Waals surface area contributed by atoms with Crippen LogP contribution in [0.25, 0.3) is 10.9 Å². The van der Waals surface area contributed by atoms with Gasteiger partial charge in [-0.05, 0) is 79.6 Å². The second-order valence-electron chi connectivity index (χ2n) is 9.37. The number of fused-ring (bicyclic) bond motifs is 1. The van der Waals surface area contributed by atoms with Gasteiger partial charge in [-0.2, -0.15) is 0 Å². The molecule has 1 aliphatic rings. The number of aromatic nitrogens is 1. The lowest BCUT2D eigenvalue weighted by Gasteiger charge is -2.37. The largest absolute Gasteiger partial charge is 0.497 e. The minimum atomic E-state index is -1.17. The van der Waals surface area contributed by atoms with Gasteiger partial charge in [0.2, 0.25) is 0 Å². The molecule has 37 heavy (non-hydrogen) atoms. The molecular formula is C29H29Cl2FN2O3. The van der Waals surface area contributed by atoms with Gasteiger partial charge in [-0.25, -0.2) is 4.39 Å². The van der Waals surface area contributed by atoms with Crippen LogP contribution in [-0.2, 0) is 4.79 Å². The van der Waals surface area contributed by atoms with Gasteiger partial charge in [0.05, 0.1) is 29.2 Å². The number of rotatable bonds is 8. The molecule has 4 rings (SSSR count). The molecule has 0 aliphatic carbocycles. The number of halogens is 3. The summed E-state index contributed by atoms with van der Waals surface area (Å²) in [5.74, 6) is 6.08. The lowest BCUT2D eigenvalue weighted by molar-refractivity contribution is -0.139. The fourth-order valence-electron chi connectivity index (χ4n) is 5.04. The number of hydrogen-bond donors (Lipinski definition) is 1. The third-order valence-electron chi connectivity index (χ3n) is 7.00. The van der Waals surface area contributed by atoms with Crippen LogP contribution >= 0.6 is 23.2 Å². The van der Waals surface area contributed by atoms with Gasteiger partial charge in [0.1, 0.15) is 11.9 Å². The molecule has 1 aliphatic heterocycles. The highest BCUT2D eigenvalue weighted by molar-refractivity contribution is 6.42. The average Bonchev–Trinajstić information content (AvgIpc) is 2.89. The van der Waals surface area contributed by atoms with Crippen LogP contribution < -0.4 is 4.74 Å². The molecule has 0 amide bonds. The molecule has 3 atom stereocenters. The van der Waals surface area contributed by atoms with E-state index in [1.165, 1.54) is 0 Å². The number of carbonyl (C=O) groups is 1. The Kier molecular flexibility index (Phi) is 9.26. The van der Waals surface area contributed by atoms with Crippen LogP contribution in [0.3, 0.4) is 0 Å². The number of carboxylic acids is 1. The summed E-state index contributed by atoms with van der Waals surface area (Å²) in [5.41, 5.74) is 1.98. The predicted molar refractivity (Wildman–Crippen MR) is 145 cm³/mol. The topological polar surface area (TPSA) is 62.7 Å². The summed E-state index contributed by atoms with van der Waals surface area (Å²) in [4.78, 5) is 18.1. The first-order valence-corrected chi connectivity index (χ1v) is 13.0. The Morgan fingerprint density at radius 2 is 2.11 bits per heavy atom. The van der Waals surface area contributed by atoms with Gasteiger partial charge in [0.15, 0.2) is 0 Å². The number of ether oxygens (including phenoxy) is 1. The fraction of sp³-hybridized carbons (Fsp3) is 0.379. The molecule has 194 valence electrons. The van der Waals surface area contributed by atoms with Crippen LogP contribution in [0, 0.1) is 23.7 Å². The Morgan fingerprint density at radius 1 is 1.27 bits per heavy atom. The van der Waals surface area contributed by atoms with E-state index >= 15 is 4.39 Å². The van der Waals surface area contributed by atoms with E-state index in [0.29, 0.717) is 52.9 Å². The molecule has 2 heterocycles. The number of piperidine rings is 1. The van der Waals surface area contributed by atoms with Crippen molar-refractivity contribution in [1.82, 2.24) is 9.88 Å². The highest BCUT2D eigenvalue weighted by Crippen LogP contribution is 2.36. The predicted octanol–water partition coefficient (Wildman–Crippen LogP) is 6.81. The van der Waals surface area contributed by atoms with Crippen LogP contribution in [0.5, 0.6) is 5.75 Å². The number of nitrogens with zero attached hydrogens (tertiary/aromatic N) is 2. The Balaban J connectivity index is 1.40. The van der Waals surface area contributed by atoms with Crippen molar-refractivity contribution in [1.29, 1.82) is 0 Å². The lowest BCUT2D eigenvalue weighted by Crippen LogP contribution is -2.41. The van der Waals surface area contributed by atoms with E-state index < -0.39 is 12.1 Å². The number of carboxylic acid groups (broad SMARTS) is 1. The van der Waals surface area contributed by atoms with Crippen molar-refractivity contribution < 1.29 is 19.0 Å². The van der Waals surface area contributed by atoms with Crippen molar-refractivity contribution in [2.75, 3.05) is 26.7 Å². The van der Waals surface area contributed by atoms with Crippen molar-refractivity contribution in [2.45, 2.75) is 31.9 Å². The zero-order chi connectivity index (χ0) is 26.4. The number of hydrogen-bond acceptors (Lipinski definition) is 4. The molecule has 0 radical (unpaired) electrons. The van der Waals surface area contributed by atoms with Crippen LogP contribution in [-0.4, -0.2) is 47.7 Å². The summed E-state index contributed by atoms with van der Waals surface area (Å²) in [5, 5.41) is 11.1. The molecule has 1 aromatic heterocycles. The van der Waals surface area contributed by atoms with Crippen LogP contribution in [0.2, 0.25) is 10.0 Å². The van der Waals surface area contributed by atoms with E-state index in [2.05, 4.69) is 21.7 Å². The molecule has 1 saturated heterocycles. The molecule has 0 bridgehead atoms. The summed E-state index contributed by atoms with van der Waals surface area (Å²) >= 11 is 12.3. The monoisotopic (exact) mass is 542 g/mol. The summed E-state index contributed by atoms with van der Waals surface area (Å²) in [6, 6.07) is 12.5. The van der Waals surface area contributed by atoms with E-state index in [1.807, 2.05) is 24.3 Å². The minimum Gasteiger partial charge on any atom is -0.497 e. The molecule has 3 aromatic rings. The summed E-state index contributed by atoms with van der Waals surface area (Å²) in [6.45, 7) is 1.90. The fourth-order valence-corrected chi connectivity index (χ4v) is 5.39. The van der Waals surface area contributed by atoms with Crippen molar-refractivity contribution in [3.8, 4) is 17.6 Å². The molecule has 5 nitrogen and oxygen atoms in total. The lowest BCUT2D eigenvalue weighted by atomic mass is 9.79. The van der Waals surface area contributed by atoms with E-state index in [-0.39, 0.29) is 18.3 Å². The van der Waals surface area contributed by atoms with Crippen LogP contribution in [0.15, 0.2) is 48.7 Å². The maximum atomic E-state index is 15.5. The second kappa shape index (κ2) is 12.6. The Bertz CT molecular complexity index is 1320. The van der Waals surface area contributed by atoms with Gasteiger partial charge in [-0.3, -0.25) is 14.7 Å². The van der Waals surface area contributed by atoms with Gasteiger partial charge in [-0.15, -0.1) is 0 Å². The van der Waals surface area contributed by atoms with E-state index in [4.69, 9.17) is 27.9 Å². The van der Waals surface area contributed by atoms with Crippen molar-refractivity contribution in [2.24, 2.45) is 11.8 Å². The first-order chi connectivity index (χ1) is 17.9. The van der Waals surface area contributed by atoms with Crippen LogP contribution in [0.1, 0.15) is 43.0 Å². The first kappa shape index (κ1) is 27.2. The quantitative estimate of drug-likeness (QED) is 0.317. The number of benzene rings is 2. The third-order valence-corrected chi connectivity index (χ3v) is 7.82. The van der Waals surface area contributed by atoms with E-state index in [9.17, 15) is 9.90 Å². The molecule has 1 fully saturated rings. The van der Waals surface area contributed by atoms with Gasteiger partial charge >= 0.3 is 5.97 Å². The molecular weight excluding hydrogens is 514 g/mol. The molecule has 0 spiro atoms. The van der Waals surface area contributed by atoms with Crippen molar-refractivity contribution in [3.63, 3.8) is 0 Å². The first-order valence-electron chi connectivity index (χ1n) is 12.3. The normalized spacial score (nSPS) is 18.7. The summed E-state index contributed by atoms with van der Waals surface area (Å²) < 4.78 is 20.8. The number of pyridine rings is 1. The van der Waals surface area contributed by atoms with Crippen molar-refractivity contribution in [3.05, 3.63) is 69.8 Å². The zero-order valence-electron chi connectivity index (χ0n) is 20.6. The van der Waals surface area contributed by atoms with Crippen LogP contribution in [0.4, 0.5) is 4.39 Å². The number of likely N-dealkylation sites (tertiary alicyclic amines) is 1. The van der Waals surface area contributed by atoms with E-state index in [1.54, 1.807) is 31.5 Å². The highest BCUT2D eigenvalue weighted by atomic mass is 35.5. The Hall–Kier alpha value is -2.85. The molecule has 1 N–H and O–H groups in total. The van der Waals surface area contributed by atoms with Gasteiger partial charge in [0.25, 0.3) is 0 Å². The summed E-state index contributed by atoms with van der Waals surface area (Å²) in [6.07, 6.45) is 2.25. The molecule has 0 saturated carbocycles. The number of alkyl halides is 1. The van der Waals surface area contributed by atoms with Gasteiger partial charge in [-0.1, -0.05) is 41.1 Å². The van der Waals surface area contributed by atoms with Gasteiger partial charge < -0.3 is 9.84 Å². The average molecular weight is 543 g/mol. The zero-order valence-corrected chi connectivity index (χ0v) is 22.1. The molecule has 1 unspecified atom stereocenters. The number of aliphatic carboxylic acids is 1. The standard InChI is InChI=1S/C29H29Cl2FN2O3/c1-37-22-8-10-27-24(17-22)23(11-13-33-27)26(32)9-7-19-12-15-34(18-21(19)16-28(35)36)14-3-5-20-4-2-6-25(30)29(20)31/h2,4,6,8,10-11,13,17,19,21,26H,7,9,12,14-16,18H2,1H3,(H,35,36)/t19-,21+,26?/m1/s1. The third kappa shape index (κ3) is 6.93. The SMILES string of the molecule is COc1ccc2nccc(C(F)CC[C@@H]3CCN(CC#Cc4cccc(Cl)c4Cl)C[C@@H]3CC(=O)O)c2c1. The maximum Gasteiger partial charge on any atom is 0.303 e. The van der Waals surface area contributed by atoms with Gasteiger partial charge in [0, 0.05) is 30.1 Å². The number of methoxy groups -OCH3 is 1. The smallest absolute Gasteiger partial charge is 0.303 e. The molecule has 2 aromatic carbocycles.